The van der Waals surface area contributed by atoms with E-state index in [4.69, 9.17) is 4.74 Å². The molecule has 0 unspecified atom stereocenters. The molecular formula is C21H26N2O2. The predicted molar refractivity (Wildman–Crippen MR) is 102 cm³/mol. The summed E-state index contributed by atoms with van der Waals surface area (Å²) in [4.78, 5) is 12.0. The third-order valence-electron chi connectivity index (χ3n) is 4.04. The van der Waals surface area contributed by atoms with Crippen molar-refractivity contribution in [2.45, 2.75) is 39.5 Å². The summed E-state index contributed by atoms with van der Waals surface area (Å²) in [6.45, 7) is 8.44. The molecule has 0 radical (unpaired) electrons. The molecule has 4 nitrogen and oxygen atoms in total. The van der Waals surface area contributed by atoms with Crippen LogP contribution in [0.5, 0.6) is 5.75 Å². The van der Waals surface area contributed by atoms with Crippen LogP contribution in [0.15, 0.2) is 53.6 Å². The maximum absolute atomic E-state index is 12.0. The number of methoxy groups -OCH3 is 1. The fourth-order valence-corrected chi connectivity index (χ4v) is 2.39. The maximum atomic E-state index is 12.0. The van der Waals surface area contributed by atoms with Gasteiger partial charge in [0.25, 0.3) is 0 Å². The van der Waals surface area contributed by atoms with Gasteiger partial charge in [-0.05, 0) is 41.2 Å². The van der Waals surface area contributed by atoms with Crippen molar-refractivity contribution in [1.82, 2.24) is 5.43 Å². The lowest BCUT2D eigenvalue weighted by molar-refractivity contribution is -0.120. The molecule has 0 aromatic heterocycles. The lowest BCUT2D eigenvalue weighted by atomic mass is 9.86. The van der Waals surface area contributed by atoms with Crippen molar-refractivity contribution >= 4 is 11.6 Å². The SMILES string of the molecule is COc1ccc(CC(=O)N/N=C(/C)c2ccc(C(C)(C)C)cc2)cc1. The first kappa shape index (κ1) is 18.7. The Morgan fingerprint density at radius 2 is 1.64 bits per heavy atom. The lowest BCUT2D eigenvalue weighted by Gasteiger charge is -2.19. The molecule has 25 heavy (non-hydrogen) atoms. The number of benzene rings is 2. The van der Waals surface area contributed by atoms with Crippen LogP contribution in [0, 0.1) is 0 Å². The van der Waals surface area contributed by atoms with E-state index in [1.807, 2.05) is 43.3 Å². The Morgan fingerprint density at radius 1 is 1.04 bits per heavy atom. The quantitative estimate of drug-likeness (QED) is 0.660. The van der Waals surface area contributed by atoms with E-state index < -0.39 is 0 Å². The highest BCUT2D eigenvalue weighted by Crippen LogP contribution is 2.22. The maximum Gasteiger partial charge on any atom is 0.244 e. The van der Waals surface area contributed by atoms with Crippen molar-refractivity contribution in [3.8, 4) is 5.75 Å². The van der Waals surface area contributed by atoms with Gasteiger partial charge in [0.05, 0.1) is 19.2 Å². The number of carbonyl (C=O) groups is 1. The summed E-state index contributed by atoms with van der Waals surface area (Å²) >= 11 is 0. The first-order chi connectivity index (χ1) is 11.8. The zero-order chi connectivity index (χ0) is 18.4. The zero-order valence-corrected chi connectivity index (χ0v) is 15.6. The molecule has 0 bridgehead atoms. The molecule has 0 atom stereocenters. The first-order valence-electron chi connectivity index (χ1n) is 8.36. The summed E-state index contributed by atoms with van der Waals surface area (Å²) in [5, 5.41) is 4.21. The molecule has 0 aliphatic heterocycles. The van der Waals surface area contributed by atoms with Crippen LogP contribution in [0.25, 0.3) is 0 Å². The number of ether oxygens (including phenoxy) is 1. The number of hydrazone groups is 1. The van der Waals surface area contributed by atoms with Gasteiger partial charge in [0.2, 0.25) is 5.91 Å². The van der Waals surface area contributed by atoms with Crippen LogP contribution in [0.1, 0.15) is 44.4 Å². The number of hydrogen-bond acceptors (Lipinski definition) is 3. The van der Waals surface area contributed by atoms with E-state index >= 15 is 0 Å². The normalized spacial score (nSPS) is 12.0. The van der Waals surface area contributed by atoms with Crippen molar-refractivity contribution in [3.63, 3.8) is 0 Å². The Labute approximate surface area is 149 Å². The molecule has 0 saturated carbocycles. The molecule has 2 aromatic rings. The van der Waals surface area contributed by atoms with E-state index in [0.29, 0.717) is 0 Å². The molecule has 132 valence electrons. The van der Waals surface area contributed by atoms with Gasteiger partial charge in [-0.3, -0.25) is 4.79 Å². The van der Waals surface area contributed by atoms with Crippen LogP contribution in [-0.4, -0.2) is 18.7 Å². The minimum absolute atomic E-state index is 0.121. The predicted octanol–water partition coefficient (Wildman–Crippen LogP) is 4.08. The summed E-state index contributed by atoms with van der Waals surface area (Å²) in [5.74, 6) is 0.632. The Bertz CT molecular complexity index is 739. The van der Waals surface area contributed by atoms with Gasteiger partial charge in [-0.2, -0.15) is 5.10 Å². The second kappa shape index (κ2) is 7.97. The standard InChI is InChI=1S/C21H26N2O2/c1-15(17-8-10-18(11-9-17)21(2,3)4)22-23-20(24)14-16-6-12-19(25-5)13-7-16/h6-13H,14H2,1-5H3,(H,23,24)/b22-15-. The minimum atomic E-state index is -0.143. The highest BCUT2D eigenvalue weighted by Gasteiger charge is 2.13. The number of rotatable bonds is 5. The monoisotopic (exact) mass is 338 g/mol. The fraction of sp³-hybridized carbons (Fsp3) is 0.333. The Kier molecular flexibility index (Phi) is 5.97. The molecular weight excluding hydrogens is 312 g/mol. The molecule has 4 heteroatoms. The van der Waals surface area contributed by atoms with Gasteiger partial charge in [-0.1, -0.05) is 57.2 Å². The van der Waals surface area contributed by atoms with Crippen LogP contribution in [0.4, 0.5) is 0 Å². The molecule has 0 aliphatic carbocycles. The molecule has 0 aliphatic rings. The van der Waals surface area contributed by atoms with Crippen LogP contribution < -0.4 is 10.2 Å². The summed E-state index contributed by atoms with van der Waals surface area (Å²) in [5.41, 5.74) is 6.71. The van der Waals surface area contributed by atoms with E-state index in [9.17, 15) is 4.79 Å². The van der Waals surface area contributed by atoms with E-state index in [1.54, 1.807) is 7.11 Å². The molecule has 0 fully saturated rings. The van der Waals surface area contributed by atoms with Gasteiger partial charge < -0.3 is 4.74 Å². The second-order valence-corrected chi connectivity index (χ2v) is 7.08. The number of amides is 1. The topological polar surface area (TPSA) is 50.7 Å². The van der Waals surface area contributed by atoms with E-state index in [2.05, 4.69) is 43.4 Å². The van der Waals surface area contributed by atoms with Crippen LogP contribution >= 0.6 is 0 Å². The van der Waals surface area contributed by atoms with Crippen molar-refractivity contribution in [2.75, 3.05) is 7.11 Å². The van der Waals surface area contributed by atoms with Crippen molar-refractivity contribution in [3.05, 3.63) is 65.2 Å². The molecule has 0 spiro atoms. The smallest absolute Gasteiger partial charge is 0.244 e. The highest BCUT2D eigenvalue weighted by atomic mass is 16.5. The highest BCUT2D eigenvalue weighted by molar-refractivity contribution is 5.99. The van der Waals surface area contributed by atoms with Gasteiger partial charge in [0.1, 0.15) is 5.75 Å². The van der Waals surface area contributed by atoms with Gasteiger partial charge in [0.15, 0.2) is 0 Å². The van der Waals surface area contributed by atoms with Crippen molar-refractivity contribution < 1.29 is 9.53 Å². The number of hydrogen-bond donors (Lipinski definition) is 1. The van der Waals surface area contributed by atoms with Gasteiger partial charge >= 0.3 is 0 Å². The molecule has 2 aromatic carbocycles. The molecule has 0 heterocycles. The minimum Gasteiger partial charge on any atom is -0.497 e. The van der Waals surface area contributed by atoms with Crippen molar-refractivity contribution in [1.29, 1.82) is 0 Å². The van der Waals surface area contributed by atoms with Gasteiger partial charge in [0, 0.05) is 0 Å². The van der Waals surface area contributed by atoms with Gasteiger partial charge in [-0.15, -0.1) is 0 Å². The Balaban J connectivity index is 1.96. The third-order valence-corrected chi connectivity index (χ3v) is 4.04. The summed E-state index contributed by atoms with van der Waals surface area (Å²) in [6.07, 6.45) is 0.281. The molecule has 2 rings (SSSR count). The Morgan fingerprint density at radius 3 is 2.16 bits per heavy atom. The second-order valence-electron chi connectivity index (χ2n) is 7.08. The van der Waals surface area contributed by atoms with Crippen molar-refractivity contribution in [2.24, 2.45) is 5.10 Å². The average molecular weight is 338 g/mol. The van der Waals surface area contributed by atoms with E-state index in [1.165, 1.54) is 5.56 Å². The molecule has 1 N–H and O–H groups in total. The van der Waals surface area contributed by atoms with Crippen LogP contribution in [0.2, 0.25) is 0 Å². The van der Waals surface area contributed by atoms with E-state index in [0.717, 1.165) is 22.6 Å². The third kappa shape index (κ3) is 5.45. The number of nitrogens with one attached hydrogen (secondary N) is 1. The molecule has 0 saturated heterocycles. The summed E-state index contributed by atoms with van der Waals surface area (Å²) in [7, 11) is 1.62. The van der Waals surface area contributed by atoms with Gasteiger partial charge in [-0.25, -0.2) is 5.43 Å². The Hall–Kier alpha value is -2.62. The molecule has 1 amide bonds. The first-order valence-corrected chi connectivity index (χ1v) is 8.36. The van der Waals surface area contributed by atoms with Crippen LogP contribution in [-0.2, 0) is 16.6 Å². The number of carbonyl (C=O) groups excluding carboxylic acids is 1. The lowest BCUT2D eigenvalue weighted by Crippen LogP contribution is -2.21. The number of nitrogens with zero attached hydrogens (tertiary/aromatic N) is 1. The zero-order valence-electron chi connectivity index (χ0n) is 15.6. The van der Waals surface area contributed by atoms with E-state index in [-0.39, 0.29) is 17.7 Å². The largest absolute Gasteiger partial charge is 0.497 e. The summed E-state index contributed by atoms with van der Waals surface area (Å²) < 4.78 is 5.11. The summed E-state index contributed by atoms with van der Waals surface area (Å²) in [6, 6.07) is 15.7. The average Bonchev–Trinajstić information content (AvgIpc) is 2.59. The fourth-order valence-electron chi connectivity index (χ4n) is 2.39. The van der Waals surface area contributed by atoms with Crippen LogP contribution in [0.3, 0.4) is 0 Å².